The second-order valence-corrected chi connectivity index (χ2v) is 8.09. The molecule has 2 rings (SSSR count). The van der Waals surface area contributed by atoms with Gasteiger partial charge in [0.25, 0.3) is 0 Å². The van der Waals surface area contributed by atoms with E-state index in [1.807, 2.05) is 0 Å². The maximum atomic E-state index is 13.9. The van der Waals surface area contributed by atoms with E-state index in [9.17, 15) is 12.8 Å². The lowest BCUT2D eigenvalue weighted by Crippen LogP contribution is -2.49. The molecular formula is C12H14Br2FNO3S. The molecule has 1 aliphatic heterocycles. The van der Waals surface area contributed by atoms with Gasteiger partial charge in [0.15, 0.2) is 0 Å². The van der Waals surface area contributed by atoms with E-state index >= 15 is 0 Å². The summed E-state index contributed by atoms with van der Waals surface area (Å²) in [4.78, 5) is -0.303. The molecule has 1 heterocycles. The van der Waals surface area contributed by atoms with Gasteiger partial charge in [0.05, 0.1) is 12.2 Å². The minimum absolute atomic E-state index is 0.216. The van der Waals surface area contributed by atoms with Crippen LogP contribution in [0.2, 0.25) is 0 Å². The first kappa shape index (κ1) is 16.4. The van der Waals surface area contributed by atoms with Gasteiger partial charge in [-0.3, -0.25) is 0 Å². The Morgan fingerprint density at radius 2 is 2.15 bits per heavy atom. The molecule has 1 saturated heterocycles. The molecule has 1 aromatic rings. The van der Waals surface area contributed by atoms with E-state index in [0.717, 1.165) is 6.07 Å². The van der Waals surface area contributed by atoms with E-state index in [2.05, 4.69) is 31.9 Å². The molecule has 1 aromatic carbocycles. The van der Waals surface area contributed by atoms with Gasteiger partial charge in [-0.2, -0.15) is 4.31 Å². The first-order chi connectivity index (χ1) is 9.34. The van der Waals surface area contributed by atoms with Gasteiger partial charge in [0, 0.05) is 22.9 Å². The minimum Gasteiger partial charge on any atom is -0.372 e. The second-order valence-electron chi connectivity index (χ2n) is 4.62. The van der Waals surface area contributed by atoms with Crippen LogP contribution >= 0.6 is 31.9 Å². The number of ether oxygens (including phenoxy) is 1. The smallest absolute Gasteiger partial charge is 0.246 e. The largest absolute Gasteiger partial charge is 0.372 e. The topological polar surface area (TPSA) is 46.6 Å². The van der Waals surface area contributed by atoms with Gasteiger partial charge in [-0.1, -0.05) is 31.9 Å². The Balaban J connectivity index is 2.34. The average Bonchev–Trinajstić information content (AvgIpc) is 2.37. The number of rotatable bonds is 3. The van der Waals surface area contributed by atoms with Crippen LogP contribution in [0.4, 0.5) is 4.39 Å². The molecule has 1 aliphatic rings. The average molecular weight is 431 g/mol. The molecule has 2 unspecified atom stereocenters. The Hall–Kier alpha value is -0.0200. The van der Waals surface area contributed by atoms with Gasteiger partial charge in [-0.15, -0.1) is 0 Å². The Morgan fingerprint density at radius 1 is 1.45 bits per heavy atom. The number of alkyl halides is 1. The van der Waals surface area contributed by atoms with E-state index in [-0.39, 0.29) is 30.2 Å². The predicted octanol–water partition coefficient (Wildman–Crippen LogP) is 2.76. The predicted molar refractivity (Wildman–Crippen MR) is 81.0 cm³/mol. The van der Waals surface area contributed by atoms with E-state index in [1.165, 1.54) is 16.4 Å². The van der Waals surface area contributed by atoms with Crippen molar-refractivity contribution < 1.29 is 17.5 Å². The minimum atomic E-state index is -3.85. The normalized spacial score (nSPS) is 24.8. The zero-order valence-corrected chi connectivity index (χ0v) is 14.7. The van der Waals surface area contributed by atoms with Crippen LogP contribution in [0.15, 0.2) is 27.6 Å². The highest BCUT2D eigenvalue weighted by molar-refractivity contribution is 9.10. The van der Waals surface area contributed by atoms with Gasteiger partial charge in [-0.05, 0) is 25.1 Å². The molecule has 1 fully saturated rings. The maximum Gasteiger partial charge on any atom is 0.246 e. The fraction of sp³-hybridized carbons (Fsp3) is 0.500. The molecule has 2 atom stereocenters. The highest BCUT2D eigenvalue weighted by Crippen LogP contribution is 2.25. The molecule has 0 bridgehead atoms. The molecule has 8 heteroatoms. The van der Waals surface area contributed by atoms with E-state index in [0.29, 0.717) is 9.80 Å². The summed E-state index contributed by atoms with van der Waals surface area (Å²) in [5.41, 5.74) is 0. The first-order valence-electron chi connectivity index (χ1n) is 6.01. The number of nitrogens with zero attached hydrogens (tertiary/aromatic N) is 1. The molecule has 112 valence electrons. The van der Waals surface area contributed by atoms with E-state index in [1.54, 1.807) is 6.92 Å². The summed E-state index contributed by atoms with van der Waals surface area (Å²) in [7, 11) is -3.85. The van der Waals surface area contributed by atoms with Crippen molar-refractivity contribution in [3.63, 3.8) is 0 Å². The van der Waals surface area contributed by atoms with Crippen LogP contribution in [-0.2, 0) is 14.8 Å². The number of benzene rings is 1. The Bertz CT molecular complexity index is 596. The van der Waals surface area contributed by atoms with Gasteiger partial charge in [-0.25, -0.2) is 12.8 Å². The number of hydrogen-bond acceptors (Lipinski definition) is 3. The third kappa shape index (κ3) is 3.41. The summed E-state index contributed by atoms with van der Waals surface area (Å²) in [6.07, 6.45) is -0.452. The molecular weight excluding hydrogens is 417 g/mol. The fourth-order valence-corrected chi connectivity index (χ4v) is 4.39. The summed E-state index contributed by atoms with van der Waals surface area (Å²) in [5.74, 6) is -0.756. The number of morpholine rings is 1. The van der Waals surface area contributed by atoms with Crippen molar-refractivity contribution >= 4 is 41.9 Å². The molecule has 0 radical (unpaired) electrons. The van der Waals surface area contributed by atoms with Crippen LogP contribution in [0.25, 0.3) is 0 Å². The third-order valence-electron chi connectivity index (χ3n) is 2.98. The quantitative estimate of drug-likeness (QED) is 0.692. The SMILES string of the molecule is CC1CN(S(=O)(=O)c2ccc(Br)cc2F)CC(CBr)O1. The summed E-state index contributed by atoms with van der Waals surface area (Å²) >= 11 is 6.40. The summed E-state index contributed by atoms with van der Waals surface area (Å²) < 4.78 is 46.3. The fourth-order valence-electron chi connectivity index (χ4n) is 2.11. The van der Waals surface area contributed by atoms with Crippen molar-refractivity contribution in [1.29, 1.82) is 0 Å². The van der Waals surface area contributed by atoms with Crippen molar-refractivity contribution in [3.05, 3.63) is 28.5 Å². The zero-order chi connectivity index (χ0) is 14.9. The van der Waals surface area contributed by atoms with Crippen LogP contribution in [0.3, 0.4) is 0 Å². The maximum absolute atomic E-state index is 13.9. The van der Waals surface area contributed by atoms with Gasteiger partial charge in [0.1, 0.15) is 10.7 Å². The molecule has 0 N–H and O–H groups in total. The number of halogens is 3. The molecule has 4 nitrogen and oxygen atoms in total. The lowest BCUT2D eigenvalue weighted by molar-refractivity contribution is -0.0411. The lowest BCUT2D eigenvalue weighted by atomic mass is 10.3. The van der Waals surface area contributed by atoms with Gasteiger partial charge >= 0.3 is 0 Å². The summed E-state index contributed by atoms with van der Waals surface area (Å²) in [5, 5.41) is 0.534. The van der Waals surface area contributed by atoms with Crippen LogP contribution in [-0.4, -0.2) is 43.4 Å². The lowest BCUT2D eigenvalue weighted by Gasteiger charge is -2.35. The highest BCUT2D eigenvalue weighted by atomic mass is 79.9. The molecule has 0 aromatic heterocycles. The third-order valence-corrected chi connectivity index (χ3v) is 6.06. The van der Waals surface area contributed by atoms with E-state index in [4.69, 9.17) is 4.74 Å². The van der Waals surface area contributed by atoms with Gasteiger partial charge < -0.3 is 4.74 Å². The molecule has 0 spiro atoms. The monoisotopic (exact) mass is 429 g/mol. The second kappa shape index (κ2) is 6.39. The Morgan fingerprint density at radius 3 is 2.75 bits per heavy atom. The van der Waals surface area contributed by atoms with Crippen LogP contribution in [0.5, 0.6) is 0 Å². The zero-order valence-electron chi connectivity index (χ0n) is 10.7. The molecule has 0 amide bonds. The molecule has 0 aliphatic carbocycles. The van der Waals surface area contributed by atoms with Crippen LogP contribution in [0.1, 0.15) is 6.92 Å². The van der Waals surface area contributed by atoms with Crippen LogP contribution < -0.4 is 0 Å². The number of sulfonamides is 1. The van der Waals surface area contributed by atoms with Gasteiger partial charge in [0.2, 0.25) is 10.0 Å². The Labute approximate surface area is 134 Å². The summed E-state index contributed by atoms with van der Waals surface area (Å²) in [6.45, 7) is 2.24. The van der Waals surface area contributed by atoms with Crippen LogP contribution in [0, 0.1) is 5.82 Å². The van der Waals surface area contributed by atoms with Crippen molar-refractivity contribution in [2.75, 3.05) is 18.4 Å². The molecule has 0 saturated carbocycles. The standard InChI is InChI=1S/C12H14Br2FNO3S/c1-8-6-16(7-10(5-13)19-8)20(17,18)12-3-2-9(14)4-11(12)15/h2-4,8,10H,5-7H2,1H3. The molecule has 20 heavy (non-hydrogen) atoms. The first-order valence-corrected chi connectivity index (χ1v) is 9.36. The Kier molecular flexibility index (Phi) is 5.23. The van der Waals surface area contributed by atoms with Crippen molar-refractivity contribution in [1.82, 2.24) is 4.31 Å². The van der Waals surface area contributed by atoms with Crippen molar-refractivity contribution in [3.8, 4) is 0 Å². The van der Waals surface area contributed by atoms with Crippen molar-refractivity contribution in [2.24, 2.45) is 0 Å². The van der Waals surface area contributed by atoms with Crippen molar-refractivity contribution in [2.45, 2.75) is 24.0 Å². The summed E-state index contributed by atoms with van der Waals surface area (Å²) in [6, 6.07) is 3.94. The number of hydrogen-bond donors (Lipinski definition) is 0. The van der Waals surface area contributed by atoms with E-state index < -0.39 is 15.8 Å². The highest BCUT2D eigenvalue weighted by Gasteiger charge is 2.34.